The van der Waals surface area contributed by atoms with Crippen LogP contribution in [0.25, 0.3) is 0 Å². The summed E-state index contributed by atoms with van der Waals surface area (Å²) < 4.78 is 10.2. The smallest absolute Gasteiger partial charge is 0.222 e. The predicted molar refractivity (Wildman–Crippen MR) is 436 cm³/mol. The monoisotopic (exact) mass is 1300 g/mol. The van der Waals surface area contributed by atoms with Crippen molar-refractivity contribution in [3.8, 4) is 36.5 Å². The average molecular weight is 1300 g/mol. The van der Waals surface area contributed by atoms with E-state index in [1.807, 2.05) is 27.8 Å². The molecule has 9 rings (SSSR count). The maximum Gasteiger partial charge on any atom is 0.222 e. The predicted octanol–water partition coefficient (Wildman–Crippen LogP) is 26.8. The van der Waals surface area contributed by atoms with Gasteiger partial charge in [0.25, 0.3) is 0 Å². The van der Waals surface area contributed by atoms with Crippen LogP contribution in [0.1, 0.15) is 369 Å². The van der Waals surface area contributed by atoms with E-state index in [1.54, 1.807) is 11.8 Å². The van der Waals surface area contributed by atoms with Crippen molar-refractivity contribution >= 4 is 5.91 Å². The lowest BCUT2D eigenvalue weighted by atomic mass is 9.88. The highest BCUT2D eigenvalue weighted by Crippen LogP contribution is 2.27. The number of rotatable bonds is 0. The molecule has 0 aromatic heterocycles. The number of hydrogen-bond acceptors (Lipinski definition) is 6. The third-order valence-corrected chi connectivity index (χ3v) is 13.2. The van der Waals surface area contributed by atoms with E-state index < -0.39 is 0 Å². The van der Waals surface area contributed by atoms with Gasteiger partial charge in [0.05, 0.1) is 13.2 Å². The van der Waals surface area contributed by atoms with Crippen LogP contribution in [0.2, 0.25) is 0 Å². The molecule has 0 aromatic carbocycles. The minimum atomic E-state index is 0. The number of carbonyl (C=O) groups is 1. The molecule has 5 aliphatic heterocycles. The van der Waals surface area contributed by atoms with Gasteiger partial charge in [-0.25, -0.2) is 0 Å². The van der Waals surface area contributed by atoms with E-state index in [1.165, 1.54) is 161 Å². The van der Waals surface area contributed by atoms with Crippen LogP contribution >= 0.6 is 0 Å². The SMILES string of the molecule is C.C.C.C.C.C.C.C.C.C.C.C.C.C.C#CC.C#CCC.CC#CC.CC(C)(C)C.CC(C)C.CC1CC1.CC1CCC1.CC1CCCC1.CC1CCCCC1.CC1CCOCC1.CN1CCCC1.CN1CCCC1=O.CN1CCCCC1.CN1CCOCC1. The minimum Gasteiger partial charge on any atom is -0.381 e. The van der Waals surface area contributed by atoms with Gasteiger partial charge in [0.1, 0.15) is 0 Å². The number of nitrogens with zero attached hydrogens (tertiary/aromatic N) is 4. The molecule has 0 radical (unpaired) electrons. The van der Waals surface area contributed by atoms with Crippen molar-refractivity contribution in [3.05, 3.63) is 0 Å². The molecule has 7 nitrogen and oxygen atoms in total. The Labute approximate surface area is 583 Å². The van der Waals surface area contributed by atoms with Gasteiger partial charge < -0.3 is 29.1 Å². The summed E-state index contributed by atoms with van der Waals surface area (Å²) in [5.41, 5.74) is 0.500. The van der Waals surface area contributed by atoms with Crippen LogP contribution in [0.5, 0.6) is 0 Å². The van der Waals surface area contributed by atoms with Gasteiger partial charge in [-0.05, 0) is 154 Å². The second kappa shape index (κ2) is 106. The molecule has 0 spiro atoms. The number of ether oxygens (including phenoxy) is 2. The normalized spacial score (nSPS) is 17.1. The molecular weight excluding hydrogens is 1100 g/mol. The van der Waals surface area contributed by atoms with Gasteiger partial charge in [0.2, 0.25) is 5.91 Å². The largest absolute Gasteiger partial charge is 0.381 e. The standard InChI is InChI=1S/C7H14.C6H13N.C6H12O.C6H12.C5H11NO.C5H9NO.C5H11N.C5H10.C5H12.C4H8.C4H10.2C4H6.C3H4.14CH4/c2*1-7-5-3-2-4-6-7;1-6-2-4-7-5-3-6;1-6-4-2-3-5-6;1-6-2-4-7-5-3-6;1-6-4-2-3-5(6)7;1-6-4-2-3-5-6;1-5-3-2-4-5;1-5(2,3)4;1-4-2-3-4;1-4(2)3;2*1-3-4-2;1-3-2;;;;;;;;;;;;;;/h7H,2-6H2,1H3;2-6H2,1H3;6H,2-5H2,1H3;6H,2-5H2,1H3;2-5H2,1H3;2-4H2,1H3;2-5H2,1H3;5H,2-4H2,1H3;1-4H3;4H,2-3H2,1H3;4H,1-3H3;1-2H3;1H,4H2,2H3;1H,2H3;14*1H4. The summed E-state index contributed by atoms with van der Waals surface area (Å²) in [7, 11) is 8.32. The van der Waals surface area contributed by atoms with E-state index in [9.17, 15) is 4.79 Å². The number of morpholine rings is 1. The maximum atomic E-state index is 10.5. The Bertz CT molecular complexity index is 1190. The third kappa shape index (κ3) is 147. The summed E-state index contributed by atoms with van der Waals surface area (Å²) in [6, 6.07) is 0. The first-order valence-electron chi connectivity index (χ1n) is 31.5. The number of likely N-dealkylation sites (N-methyl/N-ethyl adjacent to an activating group) is 1. The van der Waals surface area contributed by atoms with Gasteiger partial charge in [0, 0.05) is 52.7 Å². The molecule has 5 saturated heterocycles. The first kappa shape index (κ1) is 140. The van der Waals surface area contributed by atoms with Gasteiger partial charge in [-0.3, -0.25) is 4.79 Å². The quantitative estimate of drug-likeness (QED) is 0.225. The van der Waals surface area contributed by atoms with Crippen molar-refractivity contribution in [1.29, 1.82) is 0 Å². The molecule has 4 aliphatic carbocycles. The van der Waals surface area contributed by atoms with E-state index in [-0.39, 0.29) is 104 Å². The third-order valence-electron chi connectivity index (χ3n) is 13.2. The fourth-order valence-corrected chi connectivity index (χ4v) is 7.40. The average Bonchev–Trinajstić information content (AvgIpc) is 3.63. The van der Waals surface area contributed by atoms with Gasteiger partial charge >= 0.3 is 0 Å². The highest BCUT2D eigenvalue weighted by Gasteiger charge is 2.15. The zero-order valence-electron chi connectivity index (χ0n) is 55.4. The number of terminal acetylenes is 2. The number of likely N-dealkylation sites (tertiary alicyclic amines) is 3. The number of hydrogen-bond donors (Lipinski definition) is 0. The van der Waals surface area contributed by atoms with E-state index in [0.29, 0.717) is 11.3 Å². The molecule has 7 heteroatoms. The topological polar surface area (TPSA) is 48.5 Å². The fourth-order valence-electron chi connectivity index (χ4n) is 7.40. The van der Waals surface area contributed by atoms with Crippen LogP contribution in [0, 0.1) is 77.5 Å². The Morgan fingerprint density at radius 3 is 0.744 bits per heavy atom. The first-order chi connectivity index (χ1) is 35.9. The Kier molecular flexibility index (Phi) is 164. The molecule has 5 heterocycles. The highest BCUT2D eigenvalue weighted by molar-refractivity contribution is 5.77. The van der Waals surface area contributed by atoms with Crippen molar-refractivity contribution in [2.75, 3.05) is 100 Å². The lowest BCUT2D eigenvalue weighted by Gasteiger charge is -2.21. The van der Waals surface area contributed by atoms with E-state index in [0.717, 1.165) is 101 Å². The summed E-state index contributed by atoms with van der Waals surface area (Å²) in [4.78, 5) is 19.3. The molecule has 9 fully saturated rings. The Balaban J connectivity index is -0.0000000353. The lowest BCUT2D eigenvalue weighted by Crippen LogP contribution is -2.32. The van der Waals surface area contributed by atoms with Crippen molar-refractivity contribution < 1.29 is 14.3 Å². The van der Waals surface area contributed by atoms with Crippen molar-refractivity contribution in [2.24, 2.45) is 40.9 Å². The van der Waals surface area contributed by atoms with Crippen LogP contribution in [0.3, 0.4) is 0 Å². The van der Waals surface area contributed by atoms with Crippen LogP contribution in [0.4, 0.5) is 0 Å². The minimum absolute atomic E-state index is 0. The molecule has 90 heavy (non-hydrogen) atoms. The maximum absolute atomic E-state index is 10.5. The second-order valence-electron chi connectivity index (χ2n) is 25.4. The van der Waals surface area contributed by atoms with Crippen LogP contribution in [0.15, 0.2) is 0 Å². The fraction of sp³-hybridized carbons (Fsp3) is 0.916. The molecule has 1 amide bonds. The van der Waals surface area contributed by atoms with Crippen LogP contribution in [-0.4, -0.2) is 126 Å². The second-order valence-corrected chi connectivity index (χ2v) is 25.4. The summed E-state index contributed by atoms with van der Waals surface area (Å²) >= 11 is 0. The molecular formula is C83H194N4O3. The number of amides is 1. The molecule has 0 unspecified atom stereocenters. The van der Waals surface area contributed by atoms with Gasteiger partial charge in [-0.1, -0.05) is 290 Å². The molecule has 0 aromatic rings. The van der Waals surface area contributed by atoms with E-state index in [2.05, 4.69) is 149 Å². The van der Waals surface area contributed by atoms with Crippen LogP contribution < -0.4 is 0 Å². The molecule has 564 valence electrons. The molecule has 0 atom stereocenters. The Morgan fingerprint density at radius 1 is 0.411 bits per heavy atom. The Morgan fingerprint density at radius 2 is 0.644 bits per heavy atom. The van der Waals surface area contributed by atoms with Crippen molar-refractivity contribution in [3.63, 3.8) is 0 Å². The summed E-state index contributed by atoms with van der Waals surface area (Å²) in [6.45, 7) is 46.3. The summed E-state index contributed by atoms with van der Waals surface area (Å²) in [6.07, 6.45) is 42.5. The zero-order chi connectivity index (χ0) is 58.8. The van der Waals surface area contributed by atoms with E-state index in [4.69, 9.17) is 15.9 Å². The highest BCUT2D eigenvalue weighted by atomic mass is 16.5. The van der Waals surface area contributed by atoms with E-state index >= 15 is 0 Å². The van der Waals surface area contributed by atoms with Gasteiger partial charge in [-0.15, -0.1) is 36.5 Å². The Hall–Kier alpha value is -2.05. The molecule has 0 N–H and O–H groups in total. The molecule has 0 bridgehead atoms. The van der Waals surface area contributed by atoms with Crippen LogP contribution in [-0.2, 0) is 14.3 Å². The molecule has 4 saturated carbocycles. The lowest BCUT2D eigenvalue weighted by molar-refractivity contribution is -0.126. The van der Waals surface area contributed by atoms with Crippen molar-refractivity contribution in [2.45, 2.75) is 369 Å². The first-order valence-corrected chi connectivity index (χ1v) is 31.5. The number of carbonyl (C=O) groups excluding carboxylic acids is 1. The zero-order valence-corrected chi connectivity index (χ0v) is 55.4. The summed E-state index contributed by atoms with van der Waals surface area (Å²) in [5.74, 6) is 16.3. The summed E-state index contributed by atoms with van der Waals surface area (Å²) in [5, 5.41) is 0. The molecule has 9 aliphatic rings. The number of piperidine rings is 1. The van der Waals surface area contributed by atoms with Gasteiger partial charge in [-0.2, -0.15) is 0 Å². The van der Waals surface area contributed by atoms with Gasteiger partial charge in [0.15, 0.2) is 0 Å². The van der Waals surface area contributed by atoms with Crippen molar-refractivity contribution in [1.82, 2.24) is 19.6 Å².